The second-order valence-corrected chi connectivity index (χ2v) is 12.2. The minimum Gasteiger partial charge on any atom is -0.392 e. The van der Waals surface area contributed by atoms with Crippen molar-refractivity contribution in [3.63, 3.8) is 0 Å². The van der Waals surface area contributed by atoms with E-state index in [0.29, 0.717) is 12.8 Å². The highest BCUT2D eigenvalue weighted by atomic mass is 16.3. The number of nitrogens with two attached hydrogens (primary N) is 1. The number of unbranched alkanes of at least 4 members (excludes halogenated alkanes) is 23. The molecule has 0 aliphatic carbocycles. The molecule has 5 N–H and O–H groups in total. The van der Waals surface area contributed by atoms with Gasteiger partial charge in [-0.1, -0.05) is 174 Å². The van der Waals surface area contributed by atoms with Gasteiger partial charge in [-0.3, -0.25) is 4.79 Å². The molecule has 0 saturated heterocycles. The lowest BCUT2D eigenvalue weighted by atomic mass is 9.87. The average Bonchev–Trinajstić information content (AvgIpc) is 2.91. The molecule has 0 rings (SSSR count). The van der Waals surface area contributed by atoms with Crippen LogP contribution in [0.25, 0.3) is 0 Å². The van der Waals surface area contributed by atoms with Gasteiger partial charge < -0.3 is 21.1 Å². The van der Waals surface area contributed by atoms with Crippen LogP contribution in [0.4, 0.5) is 0 Å². The summed E-state index contributed by atoms with van der Waals surface area (Å²) in [4.78, 5) is 12.7. The number of Topliss-reactive ketones (excluding diaryl/α,β-unsaturated/α-hetero) is 1. The summed E-state index contributed by atoms with van der Waals surface area (Å²) in [6, 6.07) is 0. The van der Waals surface area contributed by atoms with Crippen LogP contribution < -0.4 is 5.73 Å². The minimum absolute atomic E-state index is 0.380. The Kier molecular flexibility index (Phi) is 28.7. The molecule has 0 radical (unpaired) electrons. The van der Waals surface area contributed by atoms with Crippen LogP contribution in [0.5, 0.6) is 0 Å². The standard InChI is InChI=1S/C34H69NO4/c1-3-5-7-9-11-13-15-17-19-20-22-24-26-28-30(36)32(34(35)39)33(38)31(37)29-27-25-23-21-18-16-14-12-10-8-6-4-2/h30-32,34,36-37,39H,3-29,35H2,1-2H3. The van der Waals surface area contributed by atoms with Crippen molar-refractivity contribution in [2.45, 2.75) is 206 Å². The predicted molar refractivity (Wildman–Crippen MR) is 167 cm³/mol. The lowest BCUT2D eigenvalue weighted by Gasteiger charge is -2.26. The molecule has 39 heavy (non-hydrogen) atoms. The summed E-state index contributed by atoms with van der Waals surface area (Å²) in [7, 11) is 0. The molecule has 4 atom stereocenters. The molecule has 234 valence electrons. The maximum absolute atomic E-state index is 12.7. The fraction of sp³-hybridized carbons (Fsp3) is 0.971. The summed E-state index contributed by atoms with van der Waals surface area (Å²) in [5.41, 5.74) is 5.65. The zero-order valence-electron chi connectivity index (χ0n) is 26.2. The number of ketones is 1. The van der Waals surface area contributed by atoms with Gasteiger partial charge in [-0.2, -0.15) is 0 Å². The fourth-order valence-corrected chi connectivity index (χ4v) is 5.68. The van der Waals surface area contributed by atoms with E-state index in [-0.39, 0.29) is 0 Å². The number of carbonyl (C=O) groups excluding carboxylic acids is 1. The first kappa shape index (κ1) is 38.5. The second kappa shape index (κ2) is 29.0. The second-order valence-electron chi connectivity index (χ2n) is 12.2. The van der Waals surface area contributed by atoms with Gasteiger partial charge in [0.2, 0.25) is 0 Å². The summed E-state index contributed by atoms with van der Waals surface area (Å²) in [5, 5.41) is 30.9. The van der Waals surface area contributed by atoms with Crippen molar-refractivity contribution in [2.24, 2.45) is 11.7 Å². The summed E-state index contributed by atoms with van der Waals surface area (Å²) in [6.45, 7) is 4.51. The summed E-state index contributed by atoms with van der Waals surface area (Å²) in [5.74, 6) is -1.61. The first-order valence-electron chi connectivity index (χ1n) is 17.3. The molecular formula is C34H69NO4. The molecule has 0 aliphatic rings. The average molecular weight is 556 g/mol. The molecule has 0 bridgehead atoms. The quantitative estimate of drug-likeness (QED) is 0.0506. The first-order chi connectivity index (χ1) is 19.0. The van der Waals surface area contributed by atoms with Gasteiger partial charge in [0.05, 0.1) is 12.0 Å². The molecule has 0 saturated carbocycles. The molecule has 5 heteroatoms. The van der Waals surface area contributed by atoms with Crippen molar-refractivity contribution in [2.75, 3.05) is 0 Å². The number of aliphatic hydroxyl groups excluding tert-OH is 3. The number of aliphatic hydroxyl groups is 3. The smallest absolute Gasteiger partial charge is 0.170 e. The van der Waals surface area contributed by atoms with Crippen molar-refractivity contribution in [3.8, 4) is 0 Å². The number of rotatable bonds is 31. The van der Waals surface area contributed by atoms with E-state index >= 15 is 0 Å². The Morgan fingerprint density at radius 1 is 0.487 bits per heavy atom. The highest BCUT2D eigenvalue weighted by Crippen LogP contribution is 2.20. The van der Waals surface area contributed by atoms with Crippen LogP contribution >= 0.6 is 0 Å². The molecule has 4 unspecified atom stereocenters. The summed E-state index contributed by atoms with van der Waals surface area (Å²) < 4.78 is 0. The minimum atomic E-state index is -1.44. The Morgan fingerprint density at radius 2 is 0.769 bits per heavy atom. The van der Waals surface area contributed by atoms with Crippen molar-refractivity contribution in [1.29, 1.82) is 0 Å². The number of hydrogen-bond acceptors (Lipinski definition) is 5. The SMILES string of the molecule is CCCCCCCCCCCCCCCC(O)C(C(=O)C(O)CCCCCCCCCCCCCC)C(N)O. The van der Waals surface area contributed by atoms with E-state index in [1.165, 1.54) is 122 Å². The number of hydrogen-bond donors (Lipinski definition) is 4. The van der Waals surface area contributed by atoms with Gasteiger partial charge >= 0.3 is 0 Å². The number of carbonyl (C=O) groups is 1. The van der Waals surface area contributed by atoms with E-state index in [1.807, 2.05) is 0 Å². The van der Waals surface area contributed by atoms with E-state index in [9.17, 15) is 20.1 Å². The molecule has 5 nitrogen and oxygen atoms in total. The summed E-state index contributed by atoms with van der Waals surface area (Å²) >= 11 is 0. The van der Waals surface area contributed by atoms with Crippen molar-refractivity contribution >= 4 is 5.78 Å². The van der Waals surface area contributed by atoms with Crippen LogP contribution in [-0.2, 0) is 4.79 Å². The van der Waals surface area contributed by atoms with Crippen molar-refractivity contribution in [3.05, 3.63) is 0 Å². The third kappa shape index (κ3) is 23.9. The van der Waals surface area contributed by atoms with E-state index in [2.05, 4.69) is 13.8 Å². The molecule has 0 fully saturated rings. The molecular weight excluding hydrogens is 486 g/mol. The molecule has 0 aromatic rings. The van der Waals surface area contributed by atoms with Crippen LogP contribution in [0.1, 0.15) is 187 Å². The van der Waals surface area contributed by atoms with Crippen LogP contribution in [0.3, 0.4) is 0 Å². The molecule has 0 amide bonds. The highest BCUT2D eigenvalue weighted by molar-refractivity contribution is 5.86. The lowest BCUT2D eigenvalue weighted by molar-refractivity contribution is -0.140. The van der Waals surface area contributed by atoms with Crippen LogP contribution in [0.2, 0.25) is 0 Å². The van der Waals surface area contributed by atoms with Crippen LogP contribution in [0.15, 0.2) is 0 Å². The van der Waals surface area contributed by atoms with Crippen LogP contribution in [-0.4, -0.2) is 39.5 Å². The Balaban J connectivity index is 3.85. The van der Waals surface area contributed by atoms with Gasteiger partial charge in [0.25, 0.3) is 0 Å². The van der Waals surface area contributed by atoms with E-state index < -0.39 is 30.1 Å². The largest absolute Gasteiger partial charge is 0.392 e. The molecule has 0 aromatic carbocycles. The maximum Gasteiger partial charge on any atom is 0.170 e. The normalized spacial score (nSPS) is 14.8. The predicted octanol–water partition coefficient (Wildman–Crippen LogP) is 8.74. The Bertz CT molecular complexity index is 513. The van der Waals surface area contributed by atoms with Gasteiger partial charge in [0.15, 0.2) is 5.78 Å². The zero-order chi connectivity index (χ0) is 29.0. The van der Waals surface area contributed by atoms with E-state index in [4.69, 9.17) is 5.73 Å². The topological polar surface area (TPSA) is 104 Å². The van der Waals surface area contributed by atoms with Gasteiger partial charge in [0.1, 0.15) is 12.3 Å². The third-order valence-electron chi connectivity index (χ3n) is 8.37. The fourth-order valence-electron chi connectivity index (χ4n) is 5.68. The maximum atomic E-state index is 12.7. The summed E-state index contributed by atoms with van der Waals surface area (Å²) in [6.07, 6.45) is 28.3. The molecule has 0 heterocycles. The first-order valence-corrected chi connectivity index (χ1v) is 17.3. The molecule has 0 aromatic heterocycles. The van der Waals surface area contributed by atoms with Gasteiger partial charge in [0, 0.05) is 0 Å². The third-order valence-corrected chi connectivity index (χ3v) is 8.37. The highest BCUT2D eigenvalue weighted by Gasteiger charge is 2.34. The van der Waals surface area contributed by atoms with Gasteiger partial charge in [-0.25, -0.2) is 0 Å². The Morgan fingerprint density at radius 3 is 1.08 bits per heavy atom. The van der Waals surface area contributed by atoms with Crippen LogP contribution in [0, 0.1) is 5.92 Å². The molecule has 0 spiro atoms. The zero-order valence-corrected chi connectivity index (χ0v) is 26.2. The van der Waals surface area contributed by atoms with E-state index in [0.717, 1.165) is 38.5 Å². The van der Waals surface area contributed by atoms with Crippen molar-refractivity contribution in [1.82, 2.24) is 0 Å². The Hall–Kier alpha value is -0.490. The Labute approximate surface area is 243 Å². The van der Waals surface area contributed by atoms with Gasteiger partial charge in [-0.15, -0.1) is 0 Å². The van der Waals surface area contributed by atoms with Gasteiger partial charge in [-0.05, 0) is 12.8 Å². The lowest BCUT2D eigenvalue weighted by Crippen LogP contribution is -2.47. The molecule has 0 aliphatic heterocycles. The van der Waals surface area contributed by atoms with Crippen molar-refractivity contribution < 1.29 is 20.1 Å². The van der Waals surface area contributed by atoms with E-state index in [1.54, 1.807) is 0 Å². The monoisotopic (exact) mass is 556 g/mol.